The average Bonchev–Trinajstić information content (AvgIpc) is 2.42. The number of likely N-dealkylation sites (tertiary alicyclic amines) is 1. The second-order valence-electron chi connectivity index (χ2n) is 4.54. The first-order chi connectivity index (χ1) is 9.04. The summed E-state index contributed by atoms with van der Waals surface area (Å²) in [6.45, 7) is 3.25. The van der Waals surface area contributed by atoms with E-state index in [-0.39, 0.29) is 31.2 Å². The summed E-state index contributed by atoms with van der Waals surface area (Å²) in [4.78, 5) is 24.2. The third-order valence-corrected chi connectivity index (χ3v) is 3.21. The monoisotopic (exact) mass is 268 g/mol. The summed E-state index contributed by atoms with van der Waals surface area (Å²) in [6.07, 6.45) is 6.53. The van der Waals surface area contributed by atoms with Gasteiger partial charge in [0.05, 0.1) is 18.7 Å². The second-order valence-corrected chi connectivity index (χ2v) is 4.54. The van der Waals surface area contributed by atoms with Crippen LogP contribution in [0, 0.1) is 12.3 Å². The Morgan fingerprint density at radius 2 is 2.16 bits per heavy atom. The quantitative estimate of drug-likeness (QED) is 0.646. The number of carboxylic acids is 1. The summed E-state index contributed by atoms with van der Waals surface area (Å²) in [5.41, 5.74) is 0. The van der Waals surface area contributed by atoms with Crippen LogP contribution in [0.5, 0.6) is 0 Å². The number of terminal acetylenes is 1. The lowest BCUT2D eigenvalue weighted by Crippen LogP contribution is -2.49. The first-order valence-corrected chi connectivity index (χ1v) is 6.33. The molecule has 1 saturated heterocycles. The fourth-order valence-electron chi connectivity index (χ4n) is 2.07. The zero-order chi connectivity index (χ0) is 14.3. The Balaban J connectivity index is 2.30. The van der Waals surface area contributed by atoms with E-state index in [1.807, 2.05) is 11.8 Å². The summed E-state index contributed by atoms with van der Waals surface area (Å²) in [6, 6.07) is -0.228. The van der Waals surface area contributed by atoms with E-state index < -0.39 is 5.97 Å². The second kappa shape index (κ2) is 7.77. The number of hydrogen-bond donors (Lipinski definition) is 2. The van der Waals surface area contributed by atoms with Gasteiger partial charge >= 0.3 is 5.97 Å². The lowest BCUT2D eigenvalue weighted by molar-refractivity contribution is -0.145. The highest BCUT2D eigenvalue weighted by Gasteiger charge is 2.26. The number of nitrogens with one attached hydrogen (secondary N) is 1. The molecule has 0 saturated carbocycles. The number of nitrogens with zero attached hydrogens (tertiary/aromatic N) is 1. The number of carbonyl (C=O) groups excluding carboxylic acids is 1. The fraction of sp³-hybridized carbons (Fsp3) is 0.692. The Morgan fingerprint density at radius 3 is 2.68 bits per heavy atom. The lowest BCUT2D eigenvalue weighted by atomic mass is 10.1. The summed E-state index contributed by atoms with van der Waals surface area (Å²) in [5, 5.41) is 11.2. The molecule has 0 radical (unpaired) electrons. The maximum absolute atomic E-state index is 11.7. The molecule has 0 aromatic carbocycles. The Bertz CT molecular complexity index is 356. The molecule has 1 fully saturated rings. The van der Waals surface area contributed by atoms with Crippen molar-refractivity contribution in [3.63, 3.8) is 0 Å². The van der Waals surface area contributed by atoms with E-state index in [0.717, 1.165) is 25.9 Å². The van der Waals surface area contributed by atoms with Crippen molar-refractivity contribution >= 4 is 11.9 Å². The van der Waals surface area contributed by atoms with Crippen LogP contribution in [0.2, 0.25) is 0 Å². The number of amides is 1. The van der Waals surface area contributed by atoms with E-state index in [0.29, 0.717) is 0 Å². The molecule has 19 heavy (non-hydrogen) atoms. The van der Waals surface area contributed by atoms with Gasteiger partial charge < -0.3 is 15.2 Å². The minimum absolute atomic E-state index is 0.0340. The summed E-state index contributed by atoms with van der Waals surface area (Å²) in [7, 11) is 0. The Labute approximate surface area is 113 Å². The third-order valence-electron chi connectivity index (χ3n) is 3.21. The van der Waals surface area contributed by atoms with E-state index >= 15 is 0 Å². The Hall–Kier alpha value is -1.58. The van der Waals surface area contributed by atoms with Gasteiger partial charge in [0.2, 0.25) is 5.91 Å². The smallest absolute Gasteiger partial charge is 0.329 e. The Morgan fingerprint density at radius 1 is 1.53 bits per heavy atom. The number of piperidine rings is 1. The molecule has 1 atom stereocenters. The van der Waals surface area contributed by atoms with Crippen molar-refractivity contribution < 1.29 is 19.4 Å². The molecule has 0 aliphatic carbocycles. The molecule has 2 N–H and O–H groups in total. The molecule has 0 aromatic rings. The lowest BCUT2D eigenvalue weighted by Gasteiger charge is -2.34. The van der Waals surface area contributed by atoms with E-state index in [1.165, 1.54) is 0 Å². The first kappa shape index (κ1) is 15.5. The van der Waals surface area contributed by atoms with Crippen molar-refractivity contribution in [1.29, 1.82) is 0 Å². The van der Waals surface area contributed by atoms with E-state index in [1.54, 1.807) is 0 Å². The van der Waals surface area contributed by atoms with Crippen molar-refractivity contribution in [2.75, 3.05) is 26.2 Å². The highest BCUT2D eigenvalue weighted by atomic mass is 16.5. The van der Waals surface area contributed by atoms with Crippen LogP contribution in [0.25, 0.3) is 0 Å². The van der Waals surface area contributed by atoms with Crippen LogP contribution in [-0.2, 0) is 14.3 Å². The molecule has 1 aliphatic rings. The van der Waals surface area contributed by atoms with Gasteiger partial charge in [-0.2, -0.15) is 0 Å². The molecule has 0 aromatic heterocycles. The van der Waals surface area contributed by atoms with Gasteiger partial charge in [0.25, 0.3) is 0 Å². The van der Waals surface area contributed by atoms with E-state index in [2.05, 4.69) is 11.2 Å². The molecular weight excluding hydrogens is 248 g/mol. The van der Waals surface area contributed by atoms with Gasteiger partial charge in [0.15, 0.2) is 0 Å². The first-order valence-electron chi connectivity index (χ1n) is 6.33. The van der Waals surface area contributed by atoms with Gasteiger partial charge in [0.1, 0.15) is 6.61 Å². The van der Waals surface area contributed by atoms with Crippen molar-refractivity contribution in [2.24, 2.45) is 0 Å². The zero-order valence-corrected chi connectivity index (χ0v) is 11.1. The van der Waals surface area contributed by atoms with Gasteiger partial charge in [-0.25, -0.2) is 4.79 Å². The largest absolute Gasteiger partial charge is 0.480 e. The minimum atomic E-state index is -0.954. The number of carboxylic acid groups (broad SMARTS) is 1. The molecule has 106 valence electrons. The predicted octanol–water partition coefficient (Wildman–Crippen LogP) is -0.310. The van der Waals surface area contributed by atoms with Crippen LogP contribution in [0.4, 0.5) is 0 Å². The molecule has 1 rings (SSSR count). The minimum Gasteiger partial charge on any atom is -0.480 e. The molecule has 1 aliphatic heterocycles. The highest BCUT2D eigenvalue weighted by molar-refractivity contribution is 5.81. The van der Waals surface area contributed by atoms with Crippen molar-refractivity contribution in [3.8, 4) is 12.3 Å². The standard InChI is InChI=1S/C13H20N2O4/c1-3-6-14-13(18)10(2)15-7-4-11(5-8-15)19-9-12(16)17/h1,10-11H,4-9H2,2H3,(H,14,18)(H,16,17). The van der Waals surface area contributed by atoms with Gasteiger partial charge in [-0.15, -0.1) is 6.42 Å². The van der Waals surface area contributed by atoms with Crippen molar-refractivity contribution in [3.05, 3.63) is 0 Å². The normalized spacial score (nSPS) is 18.5. The van der Waals surface area contributed by atoms with Gasteiger partial charge in [-0.1, -0.05) is 5.92 Å². The van der Waals surface area contributed by atoms with Crippen LogP contribution >= 0.6 is 0 Å². The molecule has 0 spiro atoms. The average molecular weight is 268 g/mol. The van der Waals surface area contributed by atoms with Crippen LogP contribution in [0.15, 0.2) is 0 Å². The topological polar surface area (TPSA) is 78.9 Å². The van der Waals surface area contributed by atoms with Crippen LogP contribution in [0.1, 0.15) is 19.8 Å². The summed E-state index contributed by atoms with van der Waals surface area (Å²) >= 11 is 0. The SMILES string of the molecule is C#CCNC(=O)C(C)N1CCC(OCC(=O)O)CC1. The van der Waals surface area contributed by atoms with Gasteiger partial charge in [0, 0.05) is 13.1 Å². The highest BCUT2D eigenvalue weighted by Crippen LogP contribution is 2.15. The molecule has 1 amide bonds. The number of carbonyl (C=O) groups is 2. The third kappa shape index (κ3) is 5.28. The Kier molecular flexibility index (Phi) is 6.33. The van der Waals surface area contributed by atoms with Crippen LogP contribution in [-0.4, -0.2) is 60.3 Å². The molecule has 1 heterocycles. The maximum Gasteiger partial charge on any atom is 0.329 e. The van der Waals surface area contributed by atoms with Gasteiger partial charge in [-0.3, -0.25) is 9.69 Å². The zero-order valence-electron chi connectivity index (χ0n) is 11.1. The number of hydrogen-bond acceptors (Lipinski definition) is 4. The summed E-state index contributed by atoms with van der Waals surface area (Å²) < 4.78 is 5.24. The molecule has 6 heteroatoms. The van der Waals surface area contributed by atoms with Crippen molar-refractivity contribution in [2.45, 2.75) is 31.9 Å². The molecule has 6 nitrogen and oxygen atoms in total. The molecular formula is C13H20N2O4. The van der Waals surface area contributed by atoms with Crippen LogP contribution in [0.3, 0.4) is 0 Å². The van der Waals surface area contributed by atoms with Gasteiger partial charge in [-0.05, 0) is 19.8 Å². The van der Waals surface area contributed by atoms with E-state index in [9.17, 15) is 9.59 Å². The molecule has 0 bridgehead atoms. The predicted molar refractivity (Wildman–Crippen MR) is 69.5 cm³/mol. The van der Waals surface area contributed by atoms with Crippen molar-refractivity contribution in [1.82, 2.24) is 10.2 Å². The maximum atomic E-state index is 11.7. The number of rotatable bonds is 6. The summed E-state index contributed by atoms with van der Waals surface area (Å²) in [5.74, 6) is 1.33. The number of aliphatic carboxylic acids is 1. The fourth-order valence-corrected chi connectivity index (χ4v) is 2.07. The van der Waals surface area contributed by atoms with Crippen LogP contribution < -0.4 is 5.32 Å². The number of ether oxygens (including phenoxy) is 1. The molecule has 1 unspecified atom stereocenters. The van der Waals surface area contributed by atoms with E-state index in [4.69, 9.17) is 16.3 Å².